The Bertz CT molecular complexity index is 1320. The molecule has 39 heavy (non-hydrogen) atoms. The molecule has 2 atom stereocenters. The molecule has 2 N–H and O–H groups in total. The predicted molar refractivity (Wildman–Crippen MR) is 145 cm³/mol. The standard InChI is InChI=1S/C28H31FN8O2/c29-24-15-31-8-7-26(24)39-25-6-1-19(13-20(25)14-30)27-32-18-33-28(35-27)34-21-2-4-22(5-3-21)36-9-11-37(12-10-36)23-16-38-17-23/h1-6,13,18,23-24,26,31H,7-12,15-17H2,(H,32,33,34,35). The third-order valence-corrected chi connectivity index (χ3v) is 7.50. The third kappa shape index (κ3) is 5.78. The molecule has 3 aromatic rings. The van der Waals surface area contributed by atoms with Crippen molar-refractivity contribution in [3.8, 4) is 23.2 Å². The molecular weight excluding hydrogens is 499 g/mol. The van der Waals surface area contributed by atoms with Crippen molar-refractivity contribution in [3.05, 3.63) is 54.4 Å². The van der Waals surface area contributed by atoms with Gasteiger partial charge in [0.05, 0.1) is 24.8 Å². The second-order valence-electron chi connectivity index (χ2n) is 10.0. The van der Waals surface area contributed by atoms with Gasteiger partial charge in [0, 0.05) is 49.7 Å². The maximum atomic E-state index is 14.2. The van der Waals surface area contributed by atoms with Gasteiger partial charge in [-0.2, -0.15) is 10.2 Å². The fraction of sp³-hybridized carbons (Fsp3) is 0.429. The number of rotatable bonds is 7. The van der Waals surface area contributed by atoms with E-state index in [1.807, 2.05) is 12.1 Å². The molecular formula is C28H31FN8O2. The van der Waals surface area contributed by atoms with Crippen LogP contribution in [0.3, 0.4) is 0 Å². The SMILES string of the molecule is N#Cc1cc(-c2ncnc(Nc3ccc(N4CCN(C5COC5)CC4)cc3)n2)ccc1OC1CCNCC1F. The Balaban J connectivity index is 1.10. The fourth-order valence-electron chi connectivity index (χ4n) is 5.11. The number of hydrogen-bond donors (Lipinski definition) is 2. The molecule has 0 spiro atoms. The minimum Gasteiger partial charge on any atom is -0.486 e. The van der Waals surface area contributed by atoms with E-state index in [0.717, 1.165) is 45.1 Å². The number of nitrogens with one attached hydrogen (secondary N) is 2. The molecule has 0 bridgehead atoms. The molecule has 0 amide bonds. The molecule has 3 aliphatic heterocycles. The molecule has 3 aliphatic rings. The summed E-state index contributed by atoms with van der Waals surface area (Å²) < 4.78 is 25.4. The fourth-order valence-corrected chi connectivity index (χ4v) is 5.11. The molecule has 1 aromatic heterocycles. The number of nitrogens with zero attached hydrogens (tertiary/aromatic N) is 6. The van der Waals surface area contributed by atoms with E-state index >= 15 is 0 Å². The minimum atomic E-state index is -1.12. The highest BCUT2D eigenvalue weighted by molar-refractivity contribution is 5.64. The molecule has 3 fully saturated rings. The molecule has 6 rings (SSSR count). The summed E-state index contributed by atoms with van der Waals surface area (Å²) in [6.07, 6.45) is 0.291. The summed E-state index contributed by atoms with van der Waals surface area (Å²) in [7, 11) is 0. The van der Waals surface area contributed by atoms with Crippen LogP contribution >= 0.6 is 0 Å². The van der Waals surface area contributed by atoms with Crippen molar-refractivity contribution in [1.29, 1.82) is 5.26 Å². The quantitative estimate of drug-likeness (QED) is 0.473. The van der Waals surface area contributed by atoms with Gasteiger partial charge in [0.2, 0.25) is 5.95 Å². The van der Waals surface area contributed by atoms with E-state index in [0.29, 0.717) is 47.7 Å². The van der Waals surface area contributed by atoms with Crippen molar-refractivity contribution < 1.29 is 13.9 Å². The first kappa shape index (κ1) is 25.4. The maximum Gasteiger partial charge on any atom is 0.230 e. The monoisotopic (exact) mass is 530 g/mol. The van der Waals surface area contributed by atoms with Crippen molar-refractivity contribution in [2.45, 2.75) is 24.7 Å². The van der Waals surface area contributed by atoms with Crippen LogP contribution in [0, 0.1) is 11.3 Å². The second-order valence-corrected chi connectivity index (χ2v) is 10.0. The highest BCUT2D eigenvalue weighted by atomic mass is 19.1. The lowest BCUT2D eigenvalue weighted by Crippen LogP contribution is -2.56. The highest BCUT2D eigenvalue weighted by Gasteiger charge is 2.29. The molecule has 2 aromatic carbocycles. The minimum absolute atomic E-state index is 0.252. The predicted octanol–water partition coefficient (Wildman–Crippen LogP) is 2.75. The van der Waals surface area contributed by atoms with E-state index in [-0.39, 0.29) is 6.54 Å². The van der Waals surface area contributed by atoms with E-state index in [4.69, 9.17) is 9.47 Å². The van der Waals surface area contributed by atoms with Gasteiger partial charge >= 0.3 is 0 Å². The van der Waals surface area contributed by atoms with Gasteiger partial charge in [-0.15, -0.1) is 0 Å². The Morgan fingerprint density at radius 3 is 2.62 bits per heavy atom. The van der Waals surface area contributed by atoms with E-state index in [2.05, 4.69) is 53.6 Å². The Hall–Kier alpha value is -3.85. The lowest BCUT2D eigenvalue weighted by molar-refractivity contribution is -0.0660. The van der Waals surface area contributed by atoms with Crippen molar-refractivity contribution in [2.24, 2.45) is 0 Å². The number of nitriles is 1. The van der Waals surface area contributed by atoms with Gasteiger partial charge in [-0.3, -0.25) is 4.90 Å². The molecule has 0 saturated carbocycles. The van der Waals surface area contributed by atoms with Crippen molar-refractivity contribution in [2.75, 3.05) is 62.7 Å². The molecule has 0 radical (unpaired) electrons. The zero-order chi connectivity index (χ0) is 26.6. The topological polar surface area (TPSA) is 111 Å². The number of anilines is 3. The Labute approximate surface area is 226 Å². The third-order valence-electron chi connectivity index (χ3n) is 7.50. The highest BCUT2D eigenvalue weighted by Crippen LogP contribution is 2.28. The van der Waals surface area contributed by atoms with Crippen LogP contribution in [0.25, 0.3) is 11.4 Å². The lowest BCUT2D eigenvalue weighted by atomic mass is 10.1. The van der Waals surface area contributed by atoms with Gasteiger partial charge in [-0.1, -0.05) is 0 Å². The molecule has 202 valence electrons. The zero-order valence-electron chi connectivity index (χ0n) is 21.6. The van der Waals surface area contributed by atoms with Crippen LogP contribution in [-0.2, 0) is 4.74 Å². The van der Waals surface area contributed by atoms with Crippen LogP contribution in [0.4, 0.5) is 21.7 Å². The first-order chi connectivity index (χ1) is 19.2. The van der Waals surface area contributed by atoms with Gasteiger partial charge in [0.1, 0.15) is 30.4 Å². The summed E-state index contributed by atoms with van der Waals surface area (Å²) in [6.45, 7) is 6.76. The average Bonchev–Trinajstić information content (AvgIpc) is 2.95. The number of halogens is 1. The largest absolute Gasteiger partial charge is 0.486 e. The molecule has 0 aliphatic carbocycles. The molecule has 3 saturated heterocycles. The van der Waals surface area contributed by atoms with E-state index < -0.39 is 12.3 Å². The molecule has 4 heterocycles. The normalized spacial score (nSPS) is 22.1. The van der Waals surface area contributed by atoms with Gasteiger partial charge in [0.25, 0.3) is 0 Å². The van der Waals surface area contributed by atoms with E-state index in [9.17, 15) is 9.65 Å². The average molecular weight is 531 g/mol. The summed E-state index contributed by atoms with van der Waals surface area (Å²) in [4.78, 5) is 18.0. The van der Waals surface area contributed by atoms with Crippen LogP contribution in [0.5, 0.6) is 5.75 Å². The Morgan fingerprint density at radius 1 is 1.08 bits per heavy atom. The Morgan fingerprint density at radius 2 is 1.90 bits per heavy atom. The summed E-state index contributed by atoms with van der Waals surface area (Å²) in [5, 5.41) is 15.9. The zero-order valence-corrected chi connectivity index (χ0v) is 21.6. The van der Waals surface area contributed by atoms with Crippen LogP contribution in [0.1, 0.15) is 12.0 Å². The number of alkyl halides is 1. The summed E-state index contributed by atoms with van der Waals surface area (Å²) in [5.74, 6) is 1.19. The summed E-state index contributed by atoms with van der Waals surface area (Å²) >= 11 is 0. The van der Waals surface area contributed by atoms with Crippen molar-refractivity contribution in [1.82, 2.24) is 25.2 Å². The summed E-state index contributed by atoms with van der Waals surface area (Å²) in [6, 6.07) is 16.1. The summed E-state index contributed by atoms with van der Waals surface area (Å²) in [5.41, 5.74) is 3.02. The van der Waals surface area contributed by atoms with Gasteiger partial charge in [-0.25, -0.2) is 14.4 Å². The smallest absolute Gasteiger partial charge is 0.230 e. The number of piperazine rings is 1. The molecule has 11 heteroatoms. The number of hydrogen-bond acceptors (Lipinski definition) is 10. The first-order valence-electron chi connectivity index (χ1n) is 13.3. The van der Waals surface area contributed by atoms with Crippen LogP contribution < -0.4 is 20.3 Å². The lowest BCUT2D eigenvalue weighted by Gasteiger charge is -2.43. The molecule has 10 nitrogen and oxygen atoms in total. The first-order valence-corrected chi connectivity index (χ1v) is 13.3. The Kier molecular flexibility index (Phi) is 7.49. The van der Waals surface area contributed by atoms with Gasteiger partial charge in [0.15, 0.2) is 5.82 Å². The number of ether oxygens (including phenoxy) is 2. The van der Waals surface area contributed by atoms with E-state index in [1.54, 1.807) is 18.2 Å². The maximum absolute atomic E-state index is 14.2. The van der Waals surface area contributed by atoms with E-state index in [1.165, 1.54) is 12.0 Å². The second kappa shape index (κ2) is 11.5. The van der Waals surface area contributed by atoms with Gasteiger partial charge in [-0.05, 0) is 55.4 Å². The number of piperidine rings is 1. The van der Waals surface area contributed by atoms with Crippen LogP contribution in [0.2, 0.25) is 0 Å². The number of aromatic nitrogens is 3. The molecule has 2 unspecified atom stereocenters. The van der Waals surface area contributed by atoms with Crippen LogP contribution in [-0.4, -0.2) is 90.7 Å². The number of benzene rings is 2. The van der Waals surface area contributed by atoms with Gasteiger partial charge < -0.3 is 25.0 Å². The van der Waals surface area contributed by atoms with Crippen molar-refractivity contribution in [3.63, 3.8) is 0 Å². The van der Waals surface area contributed by atoms with Crippen LogP contribution in [0.15, 0.2) is 48.8 Å². The van der Waals surface area contributed by atoms with Crippen molar-refractivity contribution >= 4 is 17.3 Å².